The zero-order chi connectivity index (χ0) is 14.6. The van der Waals surface area contributed by atoms with Gasteiger partial charge in [0.15, 0.2) is 5.78 Å². The zero-order valence-corrected chi connectivity index (χ0v) is 12.4. The molecular weight excluding hydrogens is 264 g/mol. The normalized spacial score (nSPS) is 11.0. The van der Waals surface area contributed by atoms with Crippen molar-refractivity contribution in [3.63, 3.8) is 0 Å². The number of benzene rings is 1. The van der Waals surface area contributed by atoms with E-state index in [-0.39, 0.29) is 12.3 Å². The Balaban J connectivity index is 2.52. The number of rotatable bonds is 3. The highest BCUT2D eigenvalue weighted by Crippen LogP contribution is 2.19. The van der Waals surface area contributed by atoms with Gasteiger partial charge in [-0.2, -0.15) is 0 Å². The Hall–Kier alpha value is -1.55. The summed E-state index contributed by atoms with van der Waals surface area (Å²) < 4.78 is 0. The van der Waals surface area contributed by atoms with Crippen molar-refractivity contribution in [1.82, 2.24) is 5.32 Å². The second kappa shape index (κ2) is 6.06. The molecule has 1 aromatic rings. The van der Waals surface area contributed by atoms with E-state index in [4.69, 9.17) is 11.6 Å². The van der Waals surface area contributed by atoms with Gasteiger partial charge in [0.1, 0.15) is 0 Å². The second-order valence-corrected chi connectivity index (χ2v) is 5.85. The van der Waals surface area contributed by atoms with Crippen LogP contribution in [0.3, 0.4) is 0 Å². The molecule has 0 atom stereocenters. The lowest BCUT2D eigenvalue weighted by Crippen LogP contribution is -2.37. The summed E-state index contributed by atoms with van der Waals surface area (Å²) in [5.41, 5.74) is 1.08. The van der Waals surface area contributed by atoms with Crippen molar-refractivity contribution in [2.45, 2.75) is 27.7 Å². The fraction of sp³-hybridized carbons (Fsp3) is 0.429. The zero-order valence-electron chi connectivity index (χ0n) is 11.6. The van der Waals surface area contributed by atoms with Gasteiger partial charge in [0.2, 0.25) is 0 Å². The van der Waals surface area contributed by atoms with Crippen molar-refractivity contribution in [2.75, 3.05) is 11.9 Å². The van der Waals surface area contributed by atoms with Gasteiger partial charge < -0.3 is 10.6 Å². The maximum Gasteiger partial charge on any atom is 0.319 e. The number of Topliss-reactive ketones (excluding diaryl/α,β-unsaturated/α-hetero) is 1. The average molecular weight is 283 g/mol. The first-order chi connectivity index (χ1) is 8.70. The predicted octanol–water partition coefficient (Wildman–Crippen LogP) is 3.39. The van der Waals surface area contributed by atoms with E-state index >= 15 is 0 Å². The van der Waals surface area contributed by atoms with Gasteiger partial charge in [0.05, 0.1) is 6.54 Å². The molecule has 5 heteroatoms. The number of carbonyl (C=O) groups excluding carboxylic acids is 2. The topological polar surface area (TPSA) is 58.2 Å². The van der Waals surface area contributed by atoms with Crippen LogP contribution in [-0.4, -0.2) is 18.4 Å². The predicted molar refractivity (Wildman–Crippen MR) is 77.7 cm³/mol. The van der Waals surface area contributed by atoms with Crippen molar-refractivity contribution in [3.05, 3.63) is 28.8 Å². The van der Waals surface area contributed by atoms with E-state index < -0.39 is 11.4 Å². The molecule has 0 aliphatic rings. The molecule has 0 heterocycles. The summed E-state index contributed by atoms with van der Waals surface area (Å²) in [6.07, 6.45) is 0. The van der Waals surface area contributed by atoms with E-state index in [0.717, 1.165) is 5.56 Å². The Labute approximate surface area is 118 Å². The minimum absolute atomic E-state index is 0.00886. The molecule has 0 radical (unpaired) electrons. The molecule has 19 heavy (non-hydrogen) atoms. The van der Waals surface area contributed by atoms with Gasteiger partial charge in [-0.3, -0.25) is 4.79 Å². The number of ketones is 1. The number of carbonyl (C=O) groups is 2. The molecule has 104 valence electrons. The van der Waals surface area contributed by atoms with Crippen molar-refractivity contribution < 1.29 is 9.59 Å². The first kappa shape index (κ1) is 15.5. The van der Waals surface area contributed by atoms with E-state index in [1.165, 1.54) is 0 Å². The summed E-state index contributed by atoms with van der Waals surface area (Å²) in [7, 11) is 0. The van der Waals surface area contributed by atoms with Crippen molar-refractivity contribution in [3.8, 4) is 0 Å². The van der Waals surface area contributed by atoms with E-state index in [9.17, 15) is 9.59 Å². The number of aryl methyl sites for hydroxylation is 1. The van der Waals surface area contributed by atoms with Crippen LogP contribution >= 0.6 is 11.6 Å². The summed E-state index contributed by atoms with van der Waals surface area (Å²) in [5.74, 6) is -0.0235. The van der Waals surface area contributed by atoms with E-state index in [1.54, 1.807) is 12.1 Å². The van der Waals surface area contributed by atoms with Crippen molar-refractivity contribution in [1.29, 1.82) is 0 Å². The first-order valence-corrected chi connectivity index (χ1v) is 6.42. The highest BCUT2D eigenvalue weighted by molar-refractivity contribution is 6.31. The molecule has 0 aliphatic carbocycles. The molecule has 0 bridgehead atoms. The van der Waals surface area contributed by atoms with Crippen LogP contribution < -0.4 is 10.6 Å². The Bertz CT molecular complexity index is 493. The fourth-order valence-electron chi connectivity index (χ4n) is 1.27. The molecule has 0 aliphatic heterocycles. The molecule has 1 rings (SSSR count). The molecule has 0 aromatic heterocycles. The molecule has 0 saturated carbocycles. The highest BCUT2D eigenvalue weighted by atomic mass is 35.5. The van der Waals surface area contributed by atoms with E-state index in [1.807, 2.05) is 33.8 Å². The average Bonchev–Trinajstić information content (AvgIpc) is 2.29. The summed E-state index contributed by atoms with van der Waals surface area (Å²) in [6.45, 7) is 7.33. The number of hydrogen-bond donors (Lipinski definition) is 2. The Morgan fingerprint density at radius 2 is 1.89 bits per heavy atom. The molecule has 0 fully saturated rings. The summed E-state index contributed by atoms with van der Waals surface area (Å²) in [6, 6.07) is 4.82. The van der Waals surface area contributed by atoms with Gasteiger partial charge in [-0.05, 0) is 24.6 Å². The lowest BCUT2D eigenvalue weighted by Gasteiger charge is -2.17. The van der Waals surface area contributed by atoms with Crippen molar-refractivity contribution in [2.24, 2.45) is 5.41 Å². The molecule has 2 N–H and O–H groups in total. The van der Waals surface area contributed by atoms with E-state index in [0.29, 0.717) is 10.7 Å². The summed E-state index contributed by atoms with van der Waals surface area (Å²) in [5, 5.41) is 5.75. The number of nitrogens with one attached hydrogen (secondary N) is 2. The molecule has 2 amide bonds. The van der Waals surface area contributed by atoms with Gasteiger partial charge in [0, 0.05) is 16.1 Å². The van der Waals surface area contributed by atoms with E-state index in [2.05, 4.69) is 10.6 Å². The molecule has 1 aromatic carbocycles. The van der Waals surface area contributed by atoms with Crippen LogP contribution in [-0.2, 0) is 4.79 Å². The van der Waals surface area contributed by atoms with Gasteiger partial charge in [0.25, 0.3) is 0 Å². The third kappa shape index (κ3) is 4.91. The summed E-state index contributed by atoms with van der Waals surface area (Å²) >= 11 is 5.96. The standard InChI is InChI=1S/C14H19ClN2O2/c1-9-5-6-10(7-11(9)15)17-13(19)16-8-12(18)14(2,3)4/h5-7H,8H2,1-4H3,(H2,16,17,19). The van der Waals surface area contributed by atoms with Gasteiger partial charge in [-0.25, -0.2) is 4.79 Å². The lowest BCUT2D eigenvalue weighted by molar-refractivity contribution is -0.125. The minimum atomic E-state index is -0.458. The van der Waals surface area contributed by atoms with Crippen LogP contribution in [0.1, 0.15) is 26.3 Å². The number of halogens is 1. The van der Waals surface area contributed by atoms with Gasteiger partial charge >= 0.3 is 6.03 Å². The number of anilines is 1. The lowest BCUT2D eigenvalue weighted by atomic mass is 9.91. The summed E-state index contributed by atoms with van der Waals surface area (Å²) in [4.78, 5) is 23.3. The quantitative estimate of drug-likeness (QED) is 0.893. The second-order valence-electron chi connectivity index (χ2n) is 5.44. The van der Waals surface area contributed by atoms with Crippen LogP contribution in [0.4, 0.5) is 10.5 Å². The Morgan fingerprint density at radius 1 is 1.26 bits per heavy atom. The Morgan fingerprint density at radius 3 is 2.42 bits per heavy atom. The molecule has 4 nitrogen and oxygen atoms in total. The van der Waals surface area contributed by atoms with Crippen LogP contribution in [0.2, 0.25) is 5.02 Å². The van der Waals surface area contributed by atoms with Crippen molar-refractivity contribution >= 4 is 29.1 Å². The third-order valence-electron chi connectivity index (χ3n) is 2.68. The van der Waals surface area contributed by atoms with Crippen LogP contribution in [0.25, 0.3) is 0 Å². The van der Waals surface area contributed by atoms with Crippen LogP contribution in [0.15, 0.2) is 18.2 Å². The maximum atomic E-state index is 11.7. The fourth-order valence-corrected chi connectivity index (χ4v) is 1.45. The molecule has 0 saturated heterocycles. The van der Waals surface area contributed by atoms with Crippen LogP contribution in [0, 0.1) is 12.3 Å². The third-order valence-corrected chi connectivity index (χ3v) is 3.08. The highest BCUT2D eigenvalue weighted by Gasteiger charge is 2.21. The first-order valence-electron chi connectivity index (χ1n) is 6.04. The monoisotopic (exact) mass is 282 g/mol. The Kier molecular flexibility index (Phi) is 4.95. The number of amides is 2. The SMILES string of the molecule is Cc1ccc(NC(=O)NCC(=O)C(C)(C)C)cc1Cl. The largest absolute Gasteiger partial charge is 0.331 e. The molecular formula is C14H19ClN2O2. The minimum Gasteiger partial charge on any atom is -0.331 e. The maximum absolute atomic E-state index is 11.7. The smallest absolute Gasteiger partial charge is 0.319 e. The van der Waals surface area contributed by atoms with Gasteiger partial charge in [-0.1, -0.05) is 38.4 Å². The van der Waals surface area contributed by atoms with Crippen LogP contribution in [0.5, 0.6) is 0 Å². The molecule has 0 spiro atoms. The molecule has 0 unspecified atom stereocenters. The number of urea groups is 1. The van der Waals surface area contributed by atoms with Gasteiger partial charge in [-0.15, -0.1) is 0 Å². The number of hydrogen-bond acceptors (Lipinski definition) is 2.